The Bertz CT molecular complexity index is 1070. The predicted molar refractivity (Wildman–Crippen MR) is 163 cm³/mol. The highest BCUT2D eigenvalue weighted by molar-refractivity contribution is 5.95. The molecule has 0 aromatic heterocycles. The molecule has 1 amide bonds. The Kier molecular flexibility index (Phi) is 18.0. The molecule has 0 atom stereocenters. The first-order valence-corrected chi connectivity index (χ1v) is 15.1. The monoisotopic (exact) mass is 616 g/mol. The summed E-state index contributed by atoms with van der Waals surface area (Å²) in [5.74, 6) is 2.21. The van der Waals surface area contributed by atoms with Gasteiger partial charge in [-0.05, 0) is 42.6 Å². The quantitative estimate of drug-likeness (QED) is 0.194. The first kappa shape index (κ1) is 34.7. The largest absolute Gasteiger partial charge is 0.491 e. The Balaban J connectivity index is 1.47. The van der Waals surface area contributed by atoms with E-state index >= 15 is 0 Å². The van der Waals surface area contributed by atoms with Crippen LogP contribution in [0.25, 0.3) is 10.4 Å². The number of ether oxygens (including phenoxy) is 8. The van der Waals surface area contributed by atoms with Crippen LogP contribution >= 0.6 is 0 Å². The summed E-state index contributed by atoms with van der Waals surface area (Å²) >= 11 is 0. The van der Waals surface area contributed by atoms with E-state index in [4.69, 9.17) is 43.4 Å². The Morgan fingerprint density at radius 3 is 1.61 bits per heavy atom. The maximum Gasteiger partial charge on any atom is 0.251 e. The van der Waals surface area contributed by atoms with Gasteiger partial charge in [0, 0.05) is 35.7 Å². The zero-order valence-corrected chi connectivity index (χ0v) is 25.3. The number of fused-ring (bicyclic) bond motifs is 4. The summed E-state index contributed by atoms with van der Waals surface area (Å²) in [4.78, 5) is 15.6. The van der Waals surface area contributed by atoms with E-state index in [0.29, 0.717) is 121 Å². The van der Waals surface area contributed by atoms with Crippen LogP contribution in [0.1, 0.15) is 36.0 Å². The number of hydrogen-bond donors (Lipinski definition) is 1. The predicted octanol–water partition coefficient (Wildman–Crippen LogP) is 4.58. The van der Waals surface area contributed by atoms with E-state index in [2.05, 4.69) is 15.3 Å². The van der Waals surface area contributed by atoms with Crippen molar-refractivity contribution in [3.63, 3.8) is 0 Å². The molecule has 1 N–H and O–H groups in total. The number of unbranched alkanes of at least 4 members (excludes halogenated alkanes) is 3. The number of amides is 1. The smallest absolute Gasteiger partial charge is 0.251 e. The van der Waals surface area contributed by atoms with Crippen LogP contribution in [-0.4, -0.2) is 98.3 Å². The first-order valence-electron chi connectivity index (χ1n) is 15.1. The molecule has 1 heterocycles. The zero-order chi connectivity index (χ0) is 30.9. The summed E-state index contributed by atoms with van der Waals surface area (Å²) in [5, 5.41) is 6.48. The minimum Gasteiger partial charge on any atom is -0.491 e. The van der Waals surface area contributed by atoms with Crippen LogP contribution in [-0.2, 0) is 18.9 Å². The van der Waals surface area contributed by atoms with E-state index in [-0.39, 0.29) is 5.91 Å². The van der Waals surface area contributed by atoms with Gasteiger partial charge in [-0.25, -0.2) is 0 Å². The van der Waals surface area contributed by atoms with E-state index in [9.17, 15) is 4.79 Å². The van der Waals surface area contributed by atoms with E-state index in [1.54, 1.807) is 18.2 Å². The molecule has 1 aliphatic heterocycles. The Hall–Kier alpha value is -3.74. The van der Waals surface area contributed by atoms with E-state index in [0.717, 1.165) is 25.7 Å². The summed E-state index contributed by atoms with van der Waals surface area (Å²) in [5.41, 5.74) is 8.77. The van der Waals surface area contributed by atoms with Crippen LogP contribution < -0.4 is 24.3 Å². The van der Waals surface area contributed by atoms with Crippen LogP contribution in [0.15, 0.2) is 47.6 Å². The molecule has 0 unspecified atom stereocenters. The van der Waals surface area contributed by atoms with Crippen LogP contribution in [0.2, 0.25) is 0 Å². The fourth-order valence-corrected chi connectivity index (χ4v) is 4.05. The van der Waals surface area contributed by atoms with Crippen molar-refractivity contribution in [3.05, 3.63) is 58.5 Å². The summed E-state index contributed by atoms with van der Waals surface area (Å²) in [7, 11) is 0. The van der Waals surface area contributed by atoms with Crippen molar-refractivity contribution in [1.82, 2.24) is 5.32 Å². The van der Waals surface area contributed by atoms with Gasteiger partial charge in [-0.1, -0.05) is 24.0 Å². The average Bonchev–Trinajstić information content (AvgIpc) is 3.03. The second-order valence-electron chi connectivity index (χ2n) is 9.64. The van der Waals surface area contributed by atoms with Gasteiger partial charge in [0.25, 0.3) is 5.91 Å². The summed E-state index contributed by atoms with van der Waals surface area (Å²) in [6.07, 6.45) is 3.54. The SMILES string of the molecule is [N-]=[N+]=NCCCCCCNC(=O)c1cc2cc(c1)OCCOCCOCCOc1cccc(c1)OCCOCCOCCO2. The molecule has 242 valence electrons. The number of azide groups is 1. The lowest BCUT2D eigenvalue weighted by Crippen LogP contribution is -2.24. The number of hydrogen-bond acceptors (Lipinski definition) is 10. The molecule has 0 saturated carbocycles. The normalized spacial score (nSPS) is 16.1. The molecule has 0 radical (unpaired) electrons. The maximum absolute atomic E-state index is 12.9. The lowest BCUT2D eigenvalue weighted by atomic mass is 10.1. The molecule has 44 heavy (non-hydrogen) atoms. The first-order chi connectivity index (χ1) is 21.7. The topological polar surface area (TPSA) is 152 Å². The van der Waals surface area contributed by atoms with Crippen molar-refractivity contribution in [3.8, 4) is 23.0 Å². The molecular weight excluding hydrogens is 572 g/mol. The van der Waals surface area contributed by atoms with Gasteiger partial charge in [0.1, 0.15) is 49.4 Å². The fraction of sp³-hybridized carbons (Fsp3) is 0.581. The number of rotatable bonds is 8. The highest BCUT2D eigenvalue weighted by atomic mass is 16.6. The summed E-state index contributed by atoms with van der Waals surface area (Å²) in [6, 6.07) is 12.6. The lowest BCUT2D eigenvalue weighted by Gasteiger charge is -2.13. The third-order valence-electron chi connectivity index (χ3n) is 6.21. The third-order valence-corrected chi connectivity index (χ3v) is 6.21. The molecule has 2 aromatic rings. The van der Waals surface area contributed by atoms with Crippen LogP contribution in [0, 0.1) is 0 Å². The van der Waals surface area contributed by atoms with Gasteiger partial charge in [-0.3, -0.25) is 4.79 Å². The summed E-state index contributed by atoms with van der Waals surface area (Å²) < 4.78 is 45.6. The molecular formula is C31H44N4O9. The van der Waals surface area contributed by atoms with Gasteiger partial charge < -0.3 is 43.2 Å². The van der Waals surface area contributed by atoms with Crippen LogP contribution in [0.3, 0.4) is 0 Å². The molecule has 13 heteroatoms. The number of nitrogens with zero attached hydrogens (tertiary/aromatic N) is 3. The van der Waals surface area contributed by atoms with Gasteiger partial charge in [0.2, 0.25) is 0 Å². The maximum atomic E-state index is 12.9. The molecule has 1 aliphatic rings. The minimum atomic E-state index is -0.212. The average molecular weight is 617 g/mol. The molecule has 0 aliphatic carbocycles. The molecule has 0 saturated heterocycles. The van der Waals surface area contributed by atoms with Crippen LogP contribution in [0.4, 0.5) is 0 Å². The standard InChI is InChI=1S/C31H44N4O9/c32-35-34-9-4-2-1-3-8-33-31(36)26-22-29-25-30(23-26)44-21-17-40-13-11-38-15-19-42-28-7-5-6-27(24-28)41-18-14-37-10-12-39-16-20-43-29/h5-7,22-25H,1-4,8-21H2,(H,33,36). The molecule has 3 rings (SSSR count). The molecule has 4 bridgehead atoms. The minimum absolute atomic E-state index is 0.212. The zero-order valence-electron chi connectivity index (χ0n) is 25.3. The molecule has 0 spiro atoms. The van der Waals surface area contributed by atoms with Gasteiger partial charge in [-0.2, -0.15) is 0 Å². The van der Waals surface area contributed by atoms with Crippen molar-refractivity contribution >= 4 is 5.91 Å². The van der Waals surface area contributed by atoms with Gasteiger partial charge >= 0.3 is 0 Å². The second kappa shape index (κ2) is 22.8. The fourth-order valence-electron chi connectivity index (χ4n) is 4.05. The van der Waals surface area contributed by atoms with Gasteiger partial charge in [-0.15, -0.1) is 0 Å². The van der Waals surface area contributed by atoms with Crippen molar-refractivity contribution < 1.29 is 42.7 Å². The van der Waals surface area contributed by atoms with Crippen LogP contribution in [0.5, 0.6) is 23.0 Å². The Morgan fingerprint density at radius 2 is 1.09 bits per heavy atom. The van der Waals surface area contributed by atoms with Crippen molar-refractivity contribution in [1.29, 1.82) is 0 Å². The number of carbonyl (C=O) groups excluding carboxylic acids is 1. The number of benzene rings is 2. The molecule has 0 fully saturated rings. The van der Waals surface area contributed by atoms with Crippen molar-refractivity contribution in [2.45, 2.75) is 25.7 Å². The Labute approximate surface area is 258 Å². The molecule has 13 nitrogen and oxygen atoms in total. The lowest BCUT2D eigenvalue weighted by molar-refractivity contribution is 0.0260. The Morgan fingerprint density at radius 1 is 0.636 bits per heavy atom. The highest BCUT2D eigenvalue weighted by Gasteiger charge is 2.11. The highest BCUT2D eigenvalue weighted by Crippen LogP contribution is 2.23. The molecule has 2 aromatic carbocycles. The summed E-state index contributed by atoms with van der Waals surface area (Å²) in [6.45, 7) is 5.69. The number of nitrogens with one attached hydrogen (secondary N) is 1. The van der Waals surface area contributed by atoms with E-state index in [1.165, 1.54) is 0 Å². The van der Waals surface area contributed by atoms with Gasteiger partial charge in [0.15, 0.2) is 0 Å². The van der Waals surface area contributed by atoms with Gasteiger partial charge in [0.05, 0.1) is 52.9 Å². The second-order valence-corrected chi connectivity index (χ2v) is 9.64. The van der Waals surface area contributed by atoms with Crippen molar-refractivity contribution in [2.24, 2.45) is 5.11 Å². The number of carbonyl (C=O) groups is 1. The van der Waals surface area contributed by atoms with E-state index in [1.807, 2.05) is 24.3 Å². The van der Waals surface area contributed by atoms with E-state index < -0.39 is 0 Å². The third kappa shape index (κ3) is 15.6. The van der Waals surface area contributed by atoms with Crippen molar-refractivity contribution in [2.75, 3.05) is 92.4 Å².